The van der Waals surface area contributed by atoms with Crippen molar-refractivity contribution in [2.24, 2.45) is 5.73 Å². The minimum Gasteiger partial charge on any atom is -0.462 e. The van der Waals surface area contributed by atoms with E-state index >= 15 is 0 Å². The largest absolute Gasteiger partial charge is 0.462 e. The van der Waals surface area contributed by atoms with Gasteiger partial charge in [0.1, 0.15) is 5.00 Å². The number of nitrogens with zero attached hydrogens (tertiary/aromatic N) is 3. The first-order valence-corrected chi connectivity index (χ1v) is 13.4. The van der Waals surface area contributed by atoms with Gasteiger partial charge >= 0.3 is 5.97 Å². The number of primary amides is 1. The Balaban J connectivity index is 1.79. The predicted molar refractivity (Wildman–Crippen MR) is 136 cm³/mol. The summed E-state index contributed by atoms with van der Waals surface area (Å²) in [6, 6.07) is 0. The van der Waals surface area contributed by atoms with Crippen LogP contribution in [0.3, 0.4) is 0 Å². The molecule has 0 aliphatic carbocycles. The number of nitrogens with two attached hydrogens (primary N) is 1. The first-order chi connectivity index (χ1) is 16.2. The number of amides is 2. The number of ether oxygens (including phenoxy) is 1. The van der Waals surface area contributed by atoms with Gasteiger partial charge in [-0.1, -0.05) is 18.7 Å². The van der Waals surface area contributed by atoms with Gasteiger partial charge in [-0.25, -0.2) is 4.79 Å². The smallest absolute Gasteiger partial charge is 0.341 e. The summed E-state index contributed by atoms with van der Waals surface area (Å²) in [5, 5.41) is 14.4. The zero-order valence-corrected chi connectivity index (χ0v) is 22.1. The molecule has 3 rings (SSSR count). The van der Waals surface area contributed by atoms with Crippen molar-refractivity contribution in [2.75, 3.05) is 17.7 Å². The van der Waals surface area contributed by atoms with Crippen LogP contribution >= 0.6 is 34.4 Å². The van der Waals surface area contributed by atoms with Crippen LogP contribution in [0.4, 0.5) is 5.00 Å². The zero-order valence-electron chi connectivity index (χ0n) is 19.7. The van der Waals surface area contributed by atoms with Crippen molar-refractivity contribution in [3.8, 4) is 11.4 Å². The Kier molecular flexibility index (Phi) is 8.50. The van der Waals surface area contributed by atoms with Gasteiger partial charge in [0.15, 0.2) is 11.0 Å². The number of carbonyl (C=O) groups is 3. The lowest BCUT2D eigenvalue weighted by molar-refractivity contribution is -0.113. The summed E-state index contributed by atoms with van der Waals surface area (Å²) >= 11 is 3.91. The number of thiophene rings is 2. The molecule has 0 aliphatic heterocycles. The normalized spacial score (nSPS) is 11.0. The lowest BCUT2D eigenvalue weighted by atomic mass is 10.1. The number of aryl methyl sites for hydroxylation is 1. The van der Waals surface area contributed by atoms with Crippen LogP contribution in [0.5, 0.6) is 0 Å². The summed E-state index contributed by atoms with van der Waals surface area (Å²) in [6.45, 7) is 10.3. The summed E-state index contributed by atoms with van der Waals surface area (Å²) < 4.78 is 7.08. The summed E-state index contributed by atoms with van der Waals surface area (Å²) in [7, 11) is 0. The van der Waals surface area contributed by atoms with Gasteiger partial charge in [-0.15, -0.1) is 32.9 Å². The van der Waals surface area contributed by atoms with E-state index in [1.165, 1.54) is 22.2 Å². The Bertz CT molecular complexity index is 1230. The molecular formula is C22H27N5O4S3. The van der Waals surface area contributed by atoms with Crippen molar-refractivity contribution in [2.45, 2.75) is 52.7 Å². The first-order valence-electron chi connectivity index (χ1n) is 10.8. The highest BCUT2D eigenvalue weighted by atomic mass is 32.2. The average molecular weight is 522 g/mol. The van der Waals surface area contributed by atoms with Crippen molar-refractivity contribution in [1.29, 1.82) is 0 Å². The lowest BCUT2D eigenvalue weighted by Gasteiger charge is -2.09. The number of nitrogens with one attached hydrogen (secondary N) is 1. The van der Waals surface area contributed by atoms with Gasteiger partial charge < -0.3 is 20.4 Å². The maximum atomic E-state index is 12.7. The van der Waals surface area contributed by atoms with Crippen LogP contribution in [0.15, 0.2) is 10.5 Å². The maximum Gasteiger partial charge on any atom is 0.341 e. The van der Waals surface area contributed by atoms with E-state index in [4.69, 9.17) is 10.5 Å². The van der Waals surface area contributed by atoms with E-state index in [2.05, 4.69) is 34.7 Å². The maximum absolute atomic E-state index is 12.7. The van der Waals surface area contributed by atoms with Gasteiger partial charge in [-0.3, -0.25) is 9.59 Å². The molecular weight excluding hydrogens is 494 g/mol. The standard InChI is InChI=1S/C22H27N5O4S3/c1-6-13-12(5)32-9-14(13)19-25-26-22(27(19)7-2)33-10-15(28)24-20-16(21(30)31-8-3)11(4)17(34-20)18(23)29/h9H,6-8,10H2,1-5H3,(H2,23,29)(H,24,28). The van der Waals surface area contributed by atoms with Crippen molar-refractivity contribution < 1.29 is 19.1 Å². The summed E-state index contributed by atoms with van der Waals surface area (Å²) in [6.07, 6.45) is 0.905. The number of aromatic nitrogens is 3. The second kappa shape index (κ2) is 11.2. The average Bonchev–Trinajstić information content (AvgIpc) is 3.46. The minimum atomic E-state index is -0.665. The van der Waals surface area contributed by atoms with E-state index in [-0.39, 0.29) is 33.7 Å². The van der Waals surface area contributed by atoms with Crippen LogP contribution in [0.25, 0.3) is 11.4 Å². The third-order valence-corrected chi connectivity index (χ3v) is 8.31. The SMILES string of the molecule is CCOC(=O)c1c(NC(=O)CSc2nnc(-c3csc(C)c3CC)n2CC)sc(C(N)=O)c1C. The van der Waals surface area contributed by atoms with Crippen LogP contribution in [0.1, 0.15) is 56.8 Å². The molecule has 0 spiro atoms. The molecule has 3 aromatic heterocycles. The van der Waals surface area contributed by atoms with Gasteiger partial charge in [0.25, 0.3) is 5.91 Å². The lowest BCUT2D eigenvalue weighted by Crippen LogP contribution is -2.17. The summed E-state index contributed by atoms with van der Waals surface area (Å²) in [5.74, 6) is -0.787. The Morgan fingerprint density at radius 2 is 1.94 bits per heavy atom. The van der Waals surface area contributed by atoms with E-state index in [9.17, 15) is 14.4 Å². The number of carbonyl (C=O) groups excluding carboxylic acids is 3. The predicted octanol–water partition coefficient (Wildman–Crippen LogP) is 4.27. The highest BCUT2D eigenvalue weighted by Crippen LogP contribution is 2.35. The number of thioether (sulfide) groups is 1. The number of rotatable bonds is 10. The number of hydrogen-bond donors (Lipinski definition) is 2. The molecule has 0 radical (unpaired) electrons. The molecule has 0 aliphatic rings. The topological polar surface area (TPSA) is 129 Å². The van der Waals surface area contributed by atoms with Crippen molar-refractivity contribution in [3.63, 3.8) is 0 Å². The second-order valence-electron chi connectivity index (χ2n) is 7.27. The van der Waals surface area contributed by atoms with Gasteiger partial charge in [-0.2, -0.15) is 0 Å². The molecule has 182 valence electrons. The van der Waals surface area contributed by atoms with Crippen molar-refractivity contribution in [1.82, 2.24) is 14.8 Å². The zero-order chi connectivity index (χ0) is 25.0. The third kappa shape index (κ3) is 5.18. The Morgan fingerprint density at radius 3 is 2.56 bits per heavy atom. The molecule has 0 bridgehead atoms. The van der Waals surface area contributed by atoms with Gasteiger partial charge in [0.2, 0.25) is 5.91 Å². The fourth-order valence-corrected chi connectivity index (χ4v) is 6.37. The molecule has 9 nitrogen and oxygen atoms in total. The van der Waals surface area contributed by atoms with Crippen LogP contribution in [0.2, 0.25) is 0 Å². The highest BCUT2D eigenvalue weighted by Gasteiger charge is 2.26. The summed E-state index contributed by atoms with van der Waals surface area (Å²) in [4.78, 5) is 38.4. The minimum absolute atomic E-state index is 0.0482. The van der Waals surface area contributed by atoms with E-state index in [0.29, 0.717) is 17.3 Å². The van der Waals surface area contributed by atoms with E-state index in [0.717, 1.165) is 29.1 Å². The first kappa shape index (κ1) is 25.9. The highest BCUT2D eigenvalue weighted by molar-refractivity contribution is 7.99. The van der Waals surface area contributed by atoms with Crippen molar-refractivity contribution in [3.05, 3.63) is 31.8 Å². The van der Waals surface area contributed by atoms with Crippen LogP contribution in [0, 0.1) is 13.8 Å². The second-order valence-corrected chi connectivity index (χ2v) is 10.3. The molecule has 3 aromatic rings. The fraction of sp³-hybridized carbons (Fsp3) is 0.409. The molecule has 0 saturated carbocycles. The molecule has 0 atom stereocenters. The summed E-state index contributed by atoms with van der Waals surface area (Å²) in [5.41, 5.74) is 8.30. The van der Waals surface area contributed by atoms with E-state index in [1.807, 2.05) is 11.5 Å². The Labute approximate surface area is 210 Å². The van der Waals surface area contributed by atoms with Gasteiger partial charge in [0, 0.05) is 22.4 Å². The Hall–Kier alpha value is -2.70. The fourth-order valence-electron chi connectivity index (χ4n) is 3.56. The van der Waals surface area contributed by atoms with E-state index < -0.39 is 11.9 Å². The molecule has 2 amide bonds. The number of anilines is 1. The van der Waals surface area contributed by atoms with Gasteiger partial charge in [0.05, 0.1) is 22.8 Å². The van der Waals surface area contributed by atoms with Crippen LogP contribution in [-0.4, -0.2) is 44.9 Å². The molecule has 0 saturated heterocycles. The van der Waals surface area contributed by atoms with Crippen LogP contribution < -0.4 is 11.1 Å². The number of hydrogen-bond acceptors (Lipinski definition) is 9. The quantitative estimate of drug-likeness (QED) is 0.301. The van der Waals surface area contributed by atoms with Crippen LogP contribution in [-0.2, 0) is 22.5 Å². The third-order valence-electron chi connectivity index (χ3n) is 5.17. The molecule has 0 aromatic carbocycles. The Morgan fingerprint density at radius 1 is 1.21 bits per heavy atom. The molecule has 34 heavy (non-hydrogen) atoms. The molecule has 3 heterocycles. The molecule has 0 unspecified atom stereocenters. The monoisotopic (exact) mass is 521 g/mol. The molecule has 12 heteroatoms. The van der Waals surface area contributed by atoms with E-state index in [1.54, 1.807) is 25.2 Å². The molecule has 0 fully saturated rings. The van der Waals surface area contributed by atoms with Crippen molar-refractivity contribution >= 4 is 57.2 Å². The number of esters is 1. The van der Waals surface area contributed by atoms with Gasteiger partial charge in [-0.05, 0) is 45.2 Å². The molecule has 3 N–H and O–H groups in total.